The van der Waals surface area contributed by atoms with Crippen LogP contribution in [-0.4, -0.2) is 28.6 Å². The molecule has 3 heteroatoms. The van der Waals surface area contributed by atoms with Gasteiger partial charge in [-0.1, -0.05) is 30.7 Å². The van der Waals surface area contributed by atoms with Crippen molar-refractivity contribution in [3.8, 4) is 0 Å². The fourth-order valence-corrected chi connectivity index (χ4v) is 3.24. The summed E-state index contributed by atoms with van der Waals surface area (Å²) >= 11 is 0. The molecule has 1 aromatic rings. The van der Waals surface area contributed by atoms with Gasteiger partial charge in [-0.2, -0.15) is 0 Å². The first kappa shape index (κ1) is 15.0. The second kappa shape index (κ2) is 6.89. The first-order valence-electron chi connectivity index (χ1n) is 7.65. The zero-order chi connectivity index (χ0) is 14.5. The molecule has 1 aliphatic carbocycles. The highest BCUT2D eigenvalue weighted by Crippen LogP contribution is 2.34. The van der Waals surface area contributed by atoms with Crippen LogP contribution in [0, 0.1) is 0 Å². The fourth-order valence-electron chi connectivity index (χ4n) is 3.24. The second-order valence-corrected chi connectivity index (χ2v) is 5.94. The van der Waals surface area contributed by atoms with Crippen molar-refractivity contribution < 1.29 is 9.90 Å². The van der Waals surface area contributed by atoms with Gasteiger partial charge < -0.3 is 5.11 Å². The molecule has 0 heterocycles. The van der Waals surface area contributed by atoms with Crippen LogP contribution < -0.4 is 0 Å². The van der Waals surface area contributed by atoms with E-state index < -0.39 is 5.97 Å². The van der Waals surface area contributed by atoms with E-state index in [9.17, 15) is 4.79 Å². The van der Waals surface area contributed by atoms with Crippen LogP contribution in [-0.2, 0) is 11.2 Å². The van der Waals surface area contributed by atoms with Crippen LogP contribution in [0.25, 0.3) is 0 Å². The largest absolute Gasteiger partial charge is 0.481 e. The van der Waals surface area contributed by atoms with Crippen molar-refractivity contribution in [3.63, 3.8) is 0 Å². The van der Waals surface area contributed by atoms with Gasteiger partial charge in [-0.25, -0.2) is 0 Å². The summed E-state index contributed by atoms with van der Waals surface area (Å²) in [5.74, 6) is -0.711. The highest BCUT2D eigenvalue weighted by molar-refractivity contribution is 5.66. The maximum atomic E-state index is 10.9. The van der Waals surface area contributed by atoms with Crippen molar-refractivity contribution in [1.82, 2.24) is 4.90 Å². The highest BCUT2D eigenvalue weighted by Gasteiger charge is 2.26. The Morgan fingerprint density at radius 3 is 2.80 bits per heavy atom. The van der Waals surface area contributed by atoms with Gasteiger partial charge in [0.05, 0.1) is 6.42 Å². The van der Waals surface area contributed by atoms with E-state index in [2.05, 4.69) is 43.0 Å². The number of carboxylic acid groups (broad SMARTS) is 1. The third-order valence-corrected chi connectivity index (χ3v) is 4.24. The van der Waals surface area contributed by atoms with Gasteiger partial charge in [0, 0.05) is 18.6 Å². The first-order chi connectivity index (χ1) is 9.59. The number of carbonyl (C=O) groups is 1. The third kappa shape index (κ3) is 3.60. The SMILES string of the molecule is CC(C)N(CCC(=O)O)C1CCCCc2ccccc21. The van der Waals surface area contributed by atoms with E-state index in [-0.39, 0.29) is 6.42 Å². The van der Waals surface area contributed by atoms with Gasteiger partial charge >= 0.3 is 5.97 Å². The molecule has 1 aromatic carbocycles. The topological polar surface area (TPSA) is 40.5 Å². The molecule has 0 fully saturated rings. The molecule has 1 aliphatic rings. The lowest BCUT2D eigenvalue weighted by molar-refractivity contribution is -0.137. The molecule has 0 saturated heterocycles. The number of nitrogens with zero attached hydrogens (tertiary/aromatic N) is 1. The molecule has 2 rings (SSSR count). The Kier molecular flexibility index (Phi) is 5.18. The van der Waals surface area contributed by atoms with E-state index >= 15 is 0 Å². The molecule has 1 unspecified atom stereocenters. The Hall–Kier alpha value is -1.35. The lowest BCUT2D eigenvalue weighted by atomic mass is 9.96. The average molecular weight is 275 g/mol. The molecular formula is C17H25NO2. The van der Waals surface area contributed by atoms with Crippen LogP contribution in [0.15, 0.2) is 24.3 Å². The number of fused-ring (bicyclic) bond motifs is 1. The molecule has 0 spiro atoms. The van der Waals surface area contributed by atoms with Crippen LogP contribution in [0.4, 0.5) is 0 Å². The number of rotatable bonds is 5. The molecule has 0 bridgehead atoms. The quantitative estimate of drug-likeness (QED) is 0.834. The molecular weight excluding hydrogens is 250 g/mol. The monoisotopic (exact) mass is 275 g/mol. The van der Waals surface area contributed by atoms with E-state index in [0.29, 0.717) is 18.6 Å². The third-order valence-electron chi connectivity index (χ3n) is 4.24. The van der Waals surface area contributed by atoms with Crippen LogP contribution in [0.5, 0.6) is 0 Å². The summed E-state index contributed by atoms with van der Waals surface area (Å²) in [5.41, 5.74) is 2.85. The molecule has 0 saturated carbocycles. The maximum Gasteiger partial charge on any atom is 0.304 e. The smallest absolute Gasteiger partial charge is 0.304 e. The first-order valence-corrected chi connectivity index (χ1v) is 7.65. The summed E-state index contributed by atoms with van der Waals surface area (Å²) in [5, 5.41) is 8.97. The van der Waals surface area contributed by atoms with Crippen LogP contribution in [0.3, 0.4) is 0 Å². The Morgan fingerprint density at radius 2 is 2.10 bits per heavy atom. The van der Waals surface area contributed by atoms with E-state index in [1.54, 1.807) is 0 Å². The standard InChI is InChI=1S/C17H25NO2/c1-13(2)18(12-11-17(19)20)16-10-6-4-8-14-7-3-5-9-15(14)16/h3,5,7,9,13,16H,4,6,8,10-12H2,1-2H3,(H,19,20). The Morgan fingerprint density at radius 1 is 1.35 bits per heavy atom. The molecule has 3 nitrogen and oxygen atoms in total. The predicted octanol–water partition coefficient (Wildman–Crippen LogP) is 3.64. The van der Waals surface area contributed by atoms with E-state index in [1.165, 1.54) is 24.0 Å². The van der Waals surface area contributed by atoms with Gasteiger partial charge in [0.2, 0.25) is 0 Å². The Balaban J connectivity index is 2.25. The van der Waals surface area contributed by atoms with Gasteiger partial charge in [0.1, 0.15) is 0 Å². The molecule has 0 aliphatic heterocycles. The summed E-state index contributed by atoms with van der Waals surface area (Å²) in [7, 11) is 0. The van der Waals surface area contributed by atoms with Gasteiger partial charge in [-0.05, 0) is 44.2 Å². The van der Waals surface area contributed by atoms with Crippen LogP contribution in [0.1, 0.15) is 56.7 Å². The van der Waals surface area contributed by atoms with Crippen molar-refractivity contribution in [1.29, 1.82) is 0 Å². The number of aryl methyl sites for hydroxylation is 1. The van der Waals surface area contributed by atoms with Crippen molar-refractivity contribution in [2.24, 2.45) is 0 Å². The van der Waals surface area contributed by atoms with Gasteiger partial charge in [0.15, 0.2) is 0 Å². The molecule has 1 N–H and O–H groups in total. The number of benzene rings is 1. The summed E-state index contributed by atoms with van der Waals surface area (Å²) in [4.78, 5) is 13.3. The molecule has 0 amide bonds. The summed E-state index contributed by atoms with van der Waals surface area (Å²) in [6.07, 6.45) is 4.96. The lowest BCUT2D eigenvalue weighted by Gasteiger charge is -2.35. The number of carboxylic acids is 1. The van der Waals surface area contributed by atoms with Crippen molar-refractivity contribution >= 4 is 5.97 Å². The Bertz CT molecular complexity index is 456. The van der Waals surface area contributed by atoms with E-state index in [0.717, 1.165) is 12.8 Å². The van der Waals surface area contributed by atoms with Gasteiger partial charge in [-0.3, -0.25) is 9.69 Å². The van der Waals surface area contributed by atoms with E-state index in [4.69, 9.17) is 5.11 Å². The number of hydrogen-bond donors (Lipinski definition) is 1. The minimum atomic E-state index is -0.711. The Labute approximate surface area is 121 Å². The summed E-state index contributed by atoms with van der Waals surface area (Å²) < 4.78 is 0. The zero-order valence-electron chi connectivity index (χ0n) is 12.5. The molecule has 20 heavy (non-hydrogen) atoms. The minimum absolute atomic E-state index is 0.219. The van der Waals surface area contributed by atoms with Crippen molar-refractivity contribution in [3.05, 3.63) is 35.4 Å². The van der Waals surface area contributed by atoms with Crippen molar-refractivity contribution in [2.45, 2.75) is 58.0 Å². The fraction of sp³-hybridized carbons (Fsp3) is 0.588. The zero-order valence-corrected chi connectivity index (χ0v) is 12.5. The normalized spacial score (nSPS) is 18.9. The predicted molar refractivity (Wildman–Crippen MR) is 80.8 cm³/mol. The van der Waals surface area contributed by atoms with E-state index in [1.807, 2.05) is 0 Å². The van der Waals surface area contributed by atoms with Crippen molar-refractivity contribution in [2.75, 3.05) is 6.54 Å². The minimum Gasteiger partial charge on any atom is -0.481 e. The molecule has 0 aromatic heterocycles. The van der Waals surface area contributed by atoms with Crippen LogP contribution >= 0.6 is 0 Å². The average Bonchev–Trinajstić information content (AvgIpc) is 2.61. The molecule has 1 atom stereocenters. The second-order valence-electron chi connectivity index (χ2n) is 5.94. The lowest BCUT2D eigenvalue weighted by Crippen LogP contribution is -2.36. The van der Waals surface area contributed by atoms with Gasteiger partial charge in [-0.15, -0.1) is 0 Å². The molecule has 110 valence electrons. The number of aliphatic carboxylic acids is 1. The summed E-state index contributed by atoms with van der Waals surface area (Å²) in [6, 6.07) is 9.40. The number of hydrogen-bond acceptors (Lipinski definition) is 2. The highest BCUT2D eigenvalue weighted by atomic mass is 16.4. The van der Waals surface area contributed by atoms with Gasteiger partial charge in [0.25, 0.3) is 0 Å². The maximum absolute atomic E-state index is 10.9. The van der Waals surface area contributed by atoms with Crippen LogP contribution in [0.2, 0.25) is 0 Å². The summed E-state index contributed by atoms with van der Waals surface area (Å²) in [6.45, 7) is 4.96. The molecule has 0 radical (unpaired) electrons.